The van der Waals surface area contributed by atoms with Crippen LogP contribution < -0.4 is 10.6 Å². The monoisotopic (exact) mass is 263 g/mol. The van der Waals surface area contributed by atoms with Gasteiger partial charge in [0.1, 0.15) is 5.69 Å². The normalized spacial score (nSPS) is 21.4. The van der Waals surface area contributed by atoms with Gasteiger partial charge in [0.05, 0.1) is 4.92 Å². The van der Waals surface area contributed by atoms with E-state index in [9.17, 15) is 14.9 Å². The van der Waals surface area contributed by atoms with E-state index < -0.39 is 4.92 Å². The SMILES string of the molecule is CNC(=O)c1ccc(NC2CC(C)C2)c([N+](=O)[O-])c1. The zero-order valence-corrected chi connectivity index (χ0v) is 11.0. The summed E-state index contributed by atoms with van der Waals surface area (Å²) in [7, 11) is 1.50. The zero-order valence-electron chi connectivity index (χ0n) is 11.0. The molecular weight excluding hydrogens is 246 g/mol. The van der Waals surface area contributed by atoms with Crippen LogP contribution in [0.5, 0.6) is 0 Å². The van der Waals surface area contributed by atoms with E-state index in [-0.39, 0.29) is 11.6 Å². The molecule has 1 aliphatic carbocycles. The second kappa shape index (κ2) is 5.26. The van der Waals surface area contributed by atoms with E-state index in [1.807, 2.05) is 0 Å². The fourth-order valence-electron chi connectivity index (χ4n) is 2.33. The topological polar surface area (TPSA) is 84.3 Å². The lowest BCUT2D eigenvalue weighted by molar-refractivity contribution is -0.384. The van der Waals surface area contributed by atoms with Crippen LogP contribution in [0.25, 0.3) is 0 Å². The van der Waals surface area contributed by atoms with Crippen molar-refractivity contribution < 1.29 is 9.72 Å². The van der Waals surface area contributed by atoms with Crippen LogP contribution in [0.15, 0.2) is 18.2 Å². The second-order valence-electron chi connectivity index (χ2n) is 4.99. The van der Waals surface area contributed by atoms with E-state index in [0.29, 0.717) is 23.2 Å². The third-order valence-corrected chi connectivity index (χ3v) is 3.42. The largest absolute Gasteiger partial charge is 0.377 e. The highest BCUT2D eigenvalue weighted by molar-refractivity contribution is 5.95. The first-order chi connectivity index (χ1) is 9.01. The van der Waals surface area contributed by atoms with Crippen LogP contribution in [0.4, 0.5) is 11.4 Å². The number of nitrogens with zero attached hydrogens (tertiary/aromatic N) is 1. The van der Waals surface area contributed by atoms with Gasteiger partial charge in [-0.25, -0.2) is 0 Å². The van der Waals surface area contributed by atoms with Crippen LogP contribution >= 0.6 is 0 Å². The van der Waals surface area contributed by atoms with Crippen molar-refractivity contribution in [3.8, 4) is 0 Å². The zero-order chi connectivity index (χ0) is 14.0. The van der Waals surface area contributed by atoms with Crippen molar-refractivity contribution in [2.75, 3.05) is 12.4 Å². The number of carbonyl (C=O) groups is 1. The summed E-state index contributed by atoms with van der Waals surface area (Å²) in [4.78, 5) is 22.1. The average Bonchev–Trinajstić information content (AvgIpc) is 2.36. The van der Waals surface area contributed by atoms with Crippen LogP contribution in [0.1, 0.15) is 30.1 Å². The molecular formula is C13H17N3O3. The Labute approximate surface area is 111 Å². The fourth-order valence-corrected chi connectivity index (χ4v) is 2.33. The van der Waals surface area contributed by atoms with Crippen molar-refractivity contribution in [2.24, 2.45) is 5.92 Å². The molecule has 1 aliphatic rings. The van der Waals surface area contributed by atoms with Crippen molar-refractivity contribution in [1.29, 1.82) is 0 Å². The van der Waals surface area contributed by atoms with Gasteiger partial charge in [-0.05, 0) is 30.9 Å². The number of carbonyl (C=O) groups excluding carboxylic acids is 1. The Morgan fingerprint density at radius 3 is 2.63 bits per heavy atom. The Balaban J connectivity index is 2.22. The Morgan fingerprint density at radius 2 is 2.11 bits per heavy atom. The summed E-state index contributed by atoms with van der Waals surface area (Å²) < 4.78 is 0. The van der Waals surface area contributed by atoms with Gasteiger partial charge < -0.3 is 10.6 Å². The van der Waals surface area contributed by atoms with Crippen LogP contribution in [0.2, 0.25) is 0 Å². The number of nitrogens with one attached hydrogen (secondary N) is 2. The maximum Gasteiger partial charge on any atom is 0.293 e. The predicted octanol–water partition coefficient (Wildman–Crippen LogP) is 2.16. The van der Waals surface area contributed by atoms with E-state index >= 15 is 0 Å². The van der Waals surface area contributed by atoms with Crippen LogP contribution in [-0.2, 0) is 0 Å². The molecule has 1 fully saturated rings. The molecule has 19 heavy (non-hydrogen) atoms. The van der Waals surface area contributed by atoms with Gasteiger partial charge in [-0.15, -0.1) is 0 Å². The number of nitro benzene ring substituents is 1. The molecule has 1 aromatic carbocycles. The summed E-state index contributed by atoms with van der Waals surface area (Å²) in [5.41, 5.74) is 0.719. The minimum absolute atomic E-state index is 0.0550. The highest BCUT2D eigenvalue weighted by atomic mass is 16.6. The Hall–Kier alpha value is -2.11. The lowest BCUT2D eigenvalue weighted by Gasteiger charge is -2.33. The molecule has 2 rings (SSSR count). The molecule has 1 aromatic rings. The van der Waals surface area contributed by atoms with Crippen LogP contribution in [-0.4, -0.2) is 23.9 Å². The molecule has 0 aromatic heterocycles. The van der Waals surface area contributed by atoms with Gasteiger partial charge in [-0.3, -0.25) is 14.9 Å². The maximum atomic E-state index is 11.5. The van der Waals surface area contributed by atoms with E-state index in [1.165, 1.54) is 13.1 Å². The maximum absolute atomic E-state index is 11.5. The number of rotatable bonds is 4. The minimum atomic E-state index is -0.461. The third-order valence-electron chi connectivity index (χ3n) is 3.42. The molecule has 1 saturated carbocycles. The molecule has 0 unspecified atom stereocenters. The lowest BCUT2D eigenvalue weighted by atomic mass is 9.82. The van der Waals surface area contributed by atoms with E-state index in [4.69, 9.17) is 0 Å². The summed E-state index contributed by atoms with van der Waals surface area (Å²) in [5, 5.41) is 16.7. The smallest absolute Gasteiger partial charge is 0.293 e. The summed E-state index contributed by atoms with van der Waals surface area (Å²) >= 11 is 0. The van der Waals surface area contributed by atoms with Gasteiger partial charge in [-0.1, -0.05) is 6.92 Å². The summed E-state index contributed by atoms with van der Waals surface area (Å²) in [6.07, 6.45) is 2.04. The van der Waals surface area contributed by atoms with Crippen LogP contribution in [0, 0.1) is 16.0 Å². The van der Waals surface area contributed by atoms with Crippen LogP contribution in [0.3, 0.4) is 0 Å². The highest BCUT2D eigenvalue weighted by Gasteiger charge is 2.27. The molecule has 1 amide bonds. The first kappa shape index (κ1) is 13.3. The molecule has 0 aliphatic heterocycles. The summed E-state index contributed by atoms with van der Waals surface area (Å²) in [6, 6.07) is 4.80. The molecule has 2 N–H and O–H groups in total. The molecule has 0 radical (unpaired) electrons. The van der Waals surface area contributed by atoms with E-state index in [2.05, 4.69) is 17.6 Å². The van der Waals surface area contributed by atoms with Gasteiger partial charge in [0.2, 0.25) is 0 Å². The number of amides is 1. The lowest BCUT2D eigenvalue weighted by Crippen LogP contribution is -2.34. The number of benzene rings is 1. The number of nitro groups is 1. The molecule has 0 spiro atoms. The molecule has 0 heterocycles. The van der Waals surface area contributed by atoms with Gasteiger partial charge in [0, 0.05) is 24.7 Å². The van der Waals surface area contributed by atoms with Crippen molar-refractivity contribution in [3.63, 3.8) is 0 Å². The van der Waals surface area contributed by atoms with Crippen molar-refractivity contribution in [1.82, 2.24) is 5.32 Å². The second-order valence-corrected chi connectivity index (χ2v) is 4.99. The fraction of sp³-hybridized carbons (Fsp3) is 0.462. The summed E-state index contributed by atoms with van der Waals surface area (Å²) in [5.74, 6) is 0.341. The van der Waals surface area contributed by atoms with E-state index in [0.717, 1.165) is 12.8 Å². The first-order valence-electron chi connectivity index (χ1n) is 6.28. The number of hydrogen-bond acceptors (Lipinski definition) is 4. The Morgan fingerprint density at radius 1 is 1.42 bits per heavy atom. The van der Waals surface area contributed by atoms with Gasteiger partial charge in [0.25, 0.3) is 11.6 Å². The quantitative estimate of drug-likeness (QED) is 0.644. The van der Waals surface area contributed by atoms with Crippen molar-refractivity contribution in [2.45, 2.75) is 25.8 Å². The average molecular weight is 263 g/mol. The van der Waals surface area contributed by atoms with Crippen molar-refractivity contribution in [3.05, 3.63) is 33.9 Å². The molecule has 0 atom stereocenters. The first-order valence-corrected chi connectivity index (χ1v) is 6.28. The predicted molar refractivity (Wildman–Crippen MR) is 72.3 cm³/mol. The Bertz CT molecular complexity index is 510. The highest BCUT2D eigenvalue weighted by Crippen LogP contribution is 2.33. The minimum Gasteiger partial charge on any atom is -0.377 e. The molecule has 6 nitrogen and oxygen atoms in total. The molecule has 6 heteroatoms. The third kappa shape index (κ3) is 2.83. The number of hydrogen-bond donors (Lipinski definition) is 2. The Kier molecular flexibility index (Phi) is 3.69. The van der Waals surface area contributed by atoms with Gasteiger partial charge >= 0.3 is 0 Å². The molecule has 0 saturated heterocycles. The van der Waals surface area contributed by atoms with Gasteiger partial charge in [-0.2, -0.15) is 0 Å². The van der Waals surface area contributed by atoms with Gasteiger partial charge in [0.15, 0.2) is 0 Å². The standard InChI is InChI=1S/C13H17N3O3/c1-8-5-10(6-8)15-11-4-3-9(13(17)14-2)7-12(11)16(18)19/h3-4,7-8,10,15H,5-6H2,1-2H3,(H,14,17). The molecule has 0 bridgehead atoms. The van der Waals surface area contributed by atoms with E-state index in [1.54, 1.807) is 12.1 Å². The molecule has 102 valence electrons. The summed E-state index contributed by atoms with van der Waals surface area (Å²) in [6.45, 7) is 2.15. The number of anilines is 1. The van der Waals surface area contributed by atoms with Crippen molar-refractivity contribution >= 4 is 17.3 Å².